The van der Waals surface area contributed by atoms with E-state index in [2.05, 4.69) is 16.6 Å². The quantitative estimate of drug-likeness (QED) is 0.227. The number of hydrogen-bond acceptors (Lipinski definition) is 9. The van der Waals surface area contributed by atoms with E-state index in [-0.39, 0.29) is 37.6 Å². The molecule has 2 saturated heterocycles. The minimum atomic E-state index is -3.90. The largest absolute Gasteiger partial charge is 0.497 e. The summed E-state index contributed by atoms with van der Waals surface area (Å²) in [5.41, 5.74) is -0.0157. The fourth-order valence-electron chi connectivity index (χ4n) is 8.14. The molecule has 2 saturated carbocycles. The van der Waals surface area contributed by atoms with E-state index >= 15 is 0 Å². The number of likely N-dealkylation sites (tertiary alicyclic amines) is 2. The van der Waals surface area contributed by atoms with Crippen LogP contribution in [0.1, 0.15) is 72.1 Å². The van der Waals surface area contributed by atoms with Gasteiger partial charge in [0.1, 0.15) is 29.2 Å². The predicted octanol–water partition coefficient (Wildman–Crippen LogP) is 4.99. The third-order valence-electron chi connectivity index (χ3n) is 11.9. The SMILES string of the molecule is C=CC1CC1(NC(=O)[C@@H]1C[C@@H](Oc2cc(-c3ccccc3)nc3cc(OC)ccc23)CN1C(=O)[C@@H](CC(=O)N1CCCCC1)C(C)(C)C)C(=O)NS(=O)(=O)C1CC1. The first-order valence-corrected chi connectivity index (χ1v) is 21.5. The molecule has 2 unspecified atom stereocenters. The Balaban J connectivity index is 1.21. The molecule has 2 aromatic carbocycles. The van der Waals surface area contributed by atoms with Crippen LogP contribution in [0.5, 0.6) is 11.5 Å². The van der Waals surface area contributed by atoms with Gasteiger partial charge in [-0.05, 0) is 56.1 Å². The van der Waals surface area contributed by atoms with Crippen LogP contribution in [0.2, 0.25) is 0 Å². The zero-order valence-corrected chi connectivity index (χ0v) is 34.0. The molecule has 3 heterocycles. The van der Waals surface area contributed by atoms with Crippen molar-refractivity contribution in [2.75, 3.05) is 26.7 Å². The molecule has 14 heteroatoms. The average Bonchev–Trinajstić information content (AvgIpc) is 4.13. The summed E-state index contributed by atoms with van der Waals surface area (Å²) in [6, 6.07) is 15.9. The number of rotatable bonds is 13. The molecule has 7 rings (SSSR count). The topological polar surface area (TPSA) is 164 Å². The monoisotopic (exact) mass is 799 g/mol. The second kappa shape index (κ2) is 15.8. The van der Waals surface area contributed by atoms with Crippen LogP contribution in [0.25, 0.3) is 22.2 Å². The van der Waals surface area contributed by atoms with Gasteiger partial charge in [-0.15, -0.1) is 6.58 Å². The molecule has 2 N–H and O–H groups in total. The molecule has 5 atom stereocenters. The lowest BCUT2D eigenvalue weighted by Gasteiger charge is -2.36. The number of sulfonamides is 1. The Kier molecular flexibility index (Phi) is 11.1. The van der Waals surface area contributed by atoms with Gasteiger partial charge in [0.2, 0.25) is 27.7 Å². The Labute approximate surface area is 334 Å². The molecule has 2 aliphatic heterocycles. The lowest BCUT2D eigenvalue weighted by Crippen LogP contribution is -2.57. The first-order chi connectivity index (χ1) is 27.1. The van der Waals surface area contributed by atoms with Crippen molar-refractivity contribution in [3.8, 4) is 22.8 Å². The van der Waals surface area contributed by atoms with Crippen molar-refractivity contribution in [3.63, 3.8) is 0 Å². The number of carbonyl (C=O) groups excluding carboxylic acids is 4. The van der Waals surface area contributed by atoms with Crippen molar-refractivity contribution in [1.29, 1.82) is 0 Å². The zero-order valence-electron chi connectivity index (χ0n) is 33.2. The summed E-state index contributed by atoms with van der Waals surface area (Å²) >= 11 is 0. The van der Waals surface area contributed by atoms with Gasteiger partial charge in [0, 0.05) is 54.9 Å². The summed E-state index contributed by atoms with van der Waals surface area (Å²) in [7, 11) is -2.31. The highest BCUT2D eigenvalue weighted by molar-refractivity contribution is 7.91. The maximum absolute atomic E-state index is 14.9. The third kappa shape index (κ3) is 8.51. The summed E-state index contributed by atoms with van der Waals surface area (Å²) in [5.74, 6) is -2.03. The first kappa shape index (κ1) is 40.2. The Bertz CT molecular complexity index is 2160. The third-order valence-corrected chi connectivity index (χ3v) is 13.7. The van der Waals surface area contributed by atoms with Crippen LogP contribution < -0.4 is 19.5 Å². The van der Waals surface area contributed by atoms with E-state index in [4.69, 9.17) is 14.5 Å². The van der Waals surface area contributed by atoms with Crippen LogP contribution in [0, 0.1) is 17.3 Å². The van der Waals surface area contributed by atoms with Crippen LogP contribution in [0.15, 0.2) is 67.3 Å². The smallest absolute Gasteiger partial charge is 0.259 e. The highest BCUT2D eigenvalue weighted by atomic mass is 32.2. The molecule has 3 aromatic rings. The number of carbonyl (C=O) groups is 4. The molecule has 0 bridgehead atoms. The average molecular weight is 800 g/mol. The molecule has 57 heavy (non-hydrogen) atoms. The van der Waals surface area contributed by atoms with Crippen LogP contribution in [-0.2, 0) is 29.2 Å². The normalized spacial score (nSPS) is 24.0. The van der Waals surface area contributed by atoms with E-state index < -0.39 is 62.0 Å². The van der Waals surface area contributed by atoms with Gasteiger partial charge in [-0.2, -0.15) is 0 Å². The maximum Gasteiger partial charge on any atom is 0.259 e. The summed E-state index contributed by atoms with van der Waals surface area (Å²) in [6.45, 7) is 10.9. The number of fused-ring (bicyclic) bond motifs is 1. The molecule has 4 aliphatic rings. The fourth-order valence-corrected chi connectivity index (χ4v) is 9.51. The van der Waals surface area contributed by atoms with Crippen molar-refractivity contribution in [3.05, 3.63) is 67.3 Å². The van der Waals surface area contributed by atoms with Crippen molar-refractivity contribution in [2.24, 2.45) is 17.3 Å². The number of nitrogens with zero attached hydrogens (tertiary/aromatic N) is 3. The molecule has 4 fully saturated rings. The highest BCUT2D eigenvalue weighted by Crippen LogP contribution is 2.46. The second-order valence-corrected chi connectivity index (χ2v) is 18.9. The summed E-state index contributed by atoms with van der Waals surface area (Å²) in [4.78, 5) is 64.9. The van der Waals surface area contributed by atoms with Crippen LogP contribution in [0.4, 0.5) is 0 Å². The predicted molar refractivity (Wildman–Crippen MR) is 216 cm³/mol. The Morgan fingerprint density at radius 3 is 2.39 bits per heavy atom. The molecular formula is C43H53N5O8S. The Morgan fingerprint density at radius 1 is 1.04 bits per heavy atom. The van der Waals surface area contributed by atoms with Crippen molar-refractivity contribution >= 4 is 44.6 Å². The number of ether oxygens (including phenoxy) is 2. The molecule has 4 amide bonds. The molecular weight excluding hydrogens is 747 g/mol. The zero-order chi connectivity index (χ0) is 40.7. The van der Waals surface area contributed by atoms with E-state index in [1.54, 1.807) is 7.11 Å². The van der Waals surface area contributed by atoms with E-state index in [0.29, 0.717) is 54.0 Å². The number of hydrogen-bond donors (Lipinski definition) is 2. The van der Waals surface area contributed by atoms with Gasteiger partial charge in [0.15, 0.2) is 0 Å². The van der Waals surface area contributed by atoms with Gasteiger partial charge < -0.3 is 24.6 Å². The van der Waals surface area contributed by atoms with Gasteiger partial charge in [0.25, 0.3) is 5.91 Å². The van der Waals surface area contributed by atoms with Crippen LogP contribution in [0.3, 0.4) is 0 Å². The number of nitrogens with one attached hydrogen (secondary N) is 2. The Hall–Kier alpha value is -4.98. The lowest BCUT2D eigenvalue weighted by atomic mass is 9.77. The van der Waals surface area contributed by atoms with Crippen molar-refractivity contribution in [2.45, 2.75) is 95.1 Å². The number of methoxy groups -OCH3 is 1. The van der Waals surface area contributed by atoms with Gasteiger partial charge in [0.05, 0.1) is 36.0 Å². The number of aromatic nitrogens is 1. The van der Waals surface area contributed by atoms with E-state index in [9.17, 15) is 27.6 Å². The molecule has 0 spiro atoms. The maximum atomic E-state index is 14.9. The van der Waals surface area contributed by atoms with E-state index in [1.165, 1.54) is 11.0 Å². The second-order valence-electron chi connectivity index (χ2n) is 17.0. The first-order valence-electron chi connectivity index (χ1n) is 19.9. The van der Waals surface area contributed by atoms with Crippen molar-refractivity contribution < 1.29 is 37.1 Å². The molecule has 304 valence electrons. The summed E-state index contributed by atoms with van der Waals surface area (Å²) in [6.07, 6.45) is 4.91. The summed E-state index contributed by atoms with van der Waals surface area (Å²) in [5, 5.41) is 2.94. The standard InChI is InChI=1S/C43H53N5O8S/c1-6-28-25-43(28,41(52)46-57(53,54)31-16-17-31)45-39(50)36-22-30(26-48(36)40(51)33(42(2,3)4)23-38(49)47-19-11-8-12-20-47)56-37-24-34(27-13-9-7-10-14-27)44-35-21-29(55-5)15-18-32(35)37/h6-7,9-10,13-15,18,21,24,28,30-31,33,36H,1,8,11-12,16-17,19-20,22-23,25-26H2,2-5H3,(H,45,50)(H,46,52)/t28?,30-,33-,36+,43?/m1/s1. The number of pyridine rings is 1. The number of benzene rings is 2. The van der Waals surface area contributed by atoms with Gasteiger partial charge >= 0.3 is 0 Å². The van der Waals surface area contributed by atoms with Crippen molar-refractivity contribution in [1.82, 2.24) is 24.8 Å². The van der Waals surface area contributed by atoms with E-state index in [1.807, 2.05) is 80.3 Å². The van der Waals surface area contributed by atoms with E-state index in [0.717, 1.165) is 24.8 Å². The minimum Gasteiger partial charge on any atom is -0.497 e. The molecule has 13 nitrogen and oxygen atoms in total. The molecule has 1 aromatic heterocycles. The Morgan fingerprint density at radius 2 is 1.75 bits per heavy atom. The summed E-state index contributed by atoms with van der Waals surface area (Å²) < 4.78 is 40.1. The van der Waals surface area contributed by atoms with Crippen LogP contribution >= 0.6 is 0 Å². The van der Waals surface area contributed by atoms with Crippen LogP contribution in [-0.4, -0.2) is 96.5 Å². The lowest BCUT2D eigenvalue weighted by molar-refractivity contribution is -0.148. The number of piperidine rings is 1. The van der Waals surface area contributed by atoms with Gasteiger partial charge in [-0.25, -0.2) is 13.4 Å². The molecule has 0 radical (unpaired) electrons. The van der Waals surface area contributed by atoms with Gasteiger partial charge in [-0.3, -0.25) is 23.9 Å². The fraction of sp³-hybridized carbons (Fsp3) is 0.512. The highest BCUT2D eigenvalue weighted by Gasteiger charge is 2.62. The molecule has 2 aliphatic carbocycles. The number of amides is 4. The minimum absolute atomic E-state index is 0.0140. The van der Waals surface area contributed by atoms with Gasteiger partial charge in [-0.1, -0.05) is 57.2 Å².